The normalized spacial score (nSPS) is 21.1. The molecule has 1 saturated carbocycles. The molecule has 0 radical (unpaired) electrons. The third-order valence-corrected chi connectivity index (χ3v) is 3.79. The molecule has 4 nitrogen and oxygen atoms in total. The Kier molecular flexibility index (Phi) is 3.60. The Labute approximate surface area is 123 Å². The van der Waals surface area contributed by atoms with Gasteiger partial charge in [0.15, 0.2) is 0 Å². The van der Waals surface area contributed by atoms with Crippen molar-refractivity contribution in [2.75, 3.05) is 0 Å². The van der Waals surface area contributed by atoms with Gasteiger partial charge in [-0.2, -0.15) is 5.10 Å². The summed E-state index contributed by atoms with van der Waals surface area (Å²) in [5.74, 6) is 1.85. The molecule has 1 N–H and O–H groups in total. The molecule has 21 heavy (non-hydrogen) atoms. The Morgan fingerprint density at radius 2 is 2.00 bits per heavy atom. The predicted octanol–water partition coefficient (Wildman–Crippen LogP) is 3.23. The molecule has 1 fully saturated rings. The molecule has 0 aliphatic heterocycles. The molecule has 1 aromatic carbocycles. The van der Waals surface area contributed by atoms with Crippen molar-refractivity contribution in [1.82, 2.24) is 5.43 Å². The van der Waals surface area contributed by atoms with Crippen LogP contribution in [0.5, 0.6) is 0 Å². The minimum atomic E-state index is -0.0218. The lowest BCUT2D eigenvalue weighted by Gasteiger charge is -2.01. The molecule has 2 aromatic rings. The van der Waals surface area contributed by atoms with Crippen LogP contribution in [0.15, 0.2) is 52.0 Å². The van der Waals surface area contributed by atoms with Crippen molar-refractivity contribution < 1.29 is 9.21 Å². The summed E-state index contributed by atoms with van der Waals surface area (Å²) < 4.78 is 5.46. The average Bonchev–Trinajstić information content (AvgIpc) is 3.20. The molecule has 1 aromatic heterocycles. The van der Waals surface area contributed by atoms with Gasteiger partial charge in [-0.3, -0.25) is 4.79 Å². The second-order valence-corrected chi connectivity index (χ2v) is 5.44. The number of rotatable bonds is 4. The SMILES string of the molecule is C/C(=N/NC(=O)[C@@H]1C[C@@H]1c1ccccc1)c1ccc(C)o1. The van der Waals surface area contributed by atoms with E-state index in [4.69, 9.17) is 4.42 Å². The van der Waals surface area contributed by atoms with Crippen LogP contribution in [0.1, 0.15) is 36.3 Å². The number of nitrogens with one attached hydrogen (secondary N) is 1. The molecule has 0 bridgehead atoms. The van der Waals surface area contributed by atoms with E-state index in [9.17, 15) is 4.79 Å². The van der Waals surface area contributed by atoms with Gasteiger partial charge in [-0.05, 0) is 43.9 Å². The highest BCUT2D eigenvalue weighted by Crippen LogP contribution is 2.47. The van der Waals surface area contributed by atoms with Crippen molar-refractivity contribution in [2.24, 2.45) is 11.0 Å². The van der Waals surface area contributed by atoms with Crippen LogP contribution in [0.3, 0.4) is 0 Å². The molecule has 0 spiro atoms. The summed E-state index contributed by atoms with van der Waals surface area (Å²) in [5, 5.41) is 4.12. The summed E-state index contributed by atoms with van der Waals surface area (Å²) in [5.41, 5.74) is 4.54. The van der Waals surface area contributed by atoms with E-state index in [0.717, 1.165) is 12.2 Å². The molecule has 108 valence electrons. The molecule has 1 aliphatic carbocycles. The predicted molar refractivity (Wildman–Crippen MR) is 81.1 cm³/mol. The number of aryl methyl sites for hydroxylation is 1. The van der Waals surface area contributed by atoms with E-state index in [1.54, 1.807) is 0 Å². The number of carbonyl (C=O) groups excluding carboxylic acids is 1. The van der Waals surface area contributed by atoms with E-state index in [1.165, 1.54) is 5.56 Å². The van der Waals surface area contributed by atoms with E-state index in [-0.39, 0.29) is 11.8 Å². The monoisotopic (exact) mass is 282 g/mol. The van der Waals surface area contributed by atoms with Gasteiger partial charge in [-0.25, -0.2) is 5.43 Å². The molecule has 1 heterocycles. The zero-order valence-electron chi connectivity index (χ0n) is 12.2. The minimum Gasteiger partial charge on any atom is -0.460 e. The fraction of sp³-hybridized carbons (Fsp3) is 0.294. The highest BCUT2D eigenvalue weighted by molar-refractivity contribution is 5.97. The highest BCUT2D eigenvalue weighted by atomic mass is 16.3. The molecule has 1 amide bonds. The average molecular weight is 282 g/mol. The molecule has 4 heteroatoms. The maximum atomic E-state index is 12.1. The van der Waals surface area contributed by atoms with Crippen molar-refractivity contribution in [2.45, 2.75) is 26.2 Å². The van der Waals surface area contributed by atoms with Crippen LogP contribution in [-0.4, -0.2) is 11.6 Å². The van der Waals surface area contributed by atoms with Crippen molar-refractivity contribution in [3.05, 3.63) is 59.5 Å². The van der Waals surface area contributed by atoms with Crippen LogP contribution in [0.2, 0.25) is 0 Å². The van der Waals surface area contributed by atoms with Gasteiger partial charge in [0, 0.05) is 5.92 Å². The van der Waals surface area contributed by atoms with E-state index in [0.29, 0.717) is 17.4 Å². The van der Waals surface area contributed by atoms with Gasteiger partial charge >= 0.3 is 0 Å². The van der Waals surface area contributed by atoms with Gasteiger partial charge in [0.25, 0.3) is 0 Å². The number of nitrogens with zero attached hydrogens (tertiary/aromatic N) is 1. The molecular formula is C17H18N2O2. The van der Waals surface area contributed by atoms with Crippen molar-refractivity contribution in [3.8, 4) is 0 Å². The number of hydrazone groups is 1. The van der Waals surface area contributed by atoms with Gasteiger partial charge < -0.3 is 4.42 Å². The number of benzene rings is 1. The van der Waals surface area contributed by atoms with Crippen molar-refractivity contribution >= 4 is 11.6 Å². The van der Waals surface area contributed by atoms with Gasteiger partial charge in [0.2, 0.25) is 5.91 Å². The Bertz CT molecular complexity index is 673. The second kappa shape index (κ2) is 5.56. The molecule has 1 aliphatic rings. The first-order chi connectivity index (χ1) is 10.1. The van der Waals surface area contributed by atoms with Crippen molar-refractivity contribution in [1.29, 1.82) is 0 Å². The number of hydrogen-bond acceptors (Lipinski definition) is 3. The molecule has 2 atom stereocenters. The van der Waals surface area contributed by atoms with Crippen LogP contribution >= 0.6 is 0 Å². The van der Waals surface area contributed by atoms with Crippen LogP contribution in [0.4, 0.5) is 0 Å². The first-order valence-electron chi connectivity index (χ1n) is 7.11. The molecule has 0 unspecified atom stereocenters. The number of carbonyl (C=O) groups is 1. The summed E-state index contributed by atoms with van der Waals surface area (Å²) in [7, 11) is 0. The Balaban J connectivity index is 1.58. The lowest BCUT2D eigenvalue weighted by atomic mass is 10.1. The van der Waals surface area contributed by atoms with E-state index >= 15 is 0 Å². The number of furan rings is 1. The quantitative estimate of drug-likeness (QED) is 0.691. The topological polar surface area (TPSA) is 54.6 Å². The summed E-state index contributed by atoms with van der Waals surface area (Å²) in [6, 6.07) is 13.9. The number of amides is 1. The molecule has 3 rings (SSSR count). The summed E-state index contributed by atoms with van der Waals surface area (Å²) in [6.45, 7) is 3.70. The third-order valence-electron chi connectivity index (χ3n) is 3.79. The highest BCUT2D eigenvalue weighted by Gasteiger charge is 2.43. The van der Waals surface area contributed by atoms with Crippen LogP contribution in [0, 0.1) is 12.8 Å². The maximum Gasteiger partial charge on any atom is 0.243 e. The van der Waals surface area contributed by atoms with E-state index in [2.05, 4.69) is 22.7 Å². The van der Waals surface area contributed by atoms with Crippen LogP contribution in [-0.2, 0) is 4.79 Å². The smallest absolute Gasteiger partial charge is 0.243 e. The van der Waals surface area contributed by atoms with Gasteiger partial charge in [0.1, 0.15) is 17.2 Å². The zero-order chi connectivity index (χ0) is 14.8. The summed E-state index contributed by atoms with van der Waals surface area (Å²) in [6.07, 6.45) is 0.893. The molecule has 0 saturated heterocycles. The first kappa shape index (κ1) is 13.6. The Hall–Kier alpha value is -2.36. The zero-order valence-corrected chi connectivity index (χ0v) is 12.2. The second-order valence-electron chi connectivity index (χ2n) is 5.44. The Morgan fingerprint density at radius 1 is 1.24 bits per heavy atom. The standard InChI is InChI=1S/C17H18N2O2/c1-11-8-9-16(21-11)12(2)18-19-17(20)15-10-14(15)13-6-4-3-5-7-13/h3-9,14-15H,10H2,1-2H3,(H,19,20)/b18-12-/t14-,15-/m1/s1. The van der Waals surface area contributed by atoms with Crippen LogP contribution in [0.25, 0.3) is 0 Å². The van der Waals surface area contributed by atoms with Gasteiger partial charge in [-0.1, -0.05) is 30.3 Å². The molecular weight excluding hydrogens is 264 g/mol. The third kappa shape index (κ3) is 3.05. The summed E-state index contributed by atoms with van der Waals surface area (Å²) in [4.78, 5) is 12.1. The Morgan fingerprint density at radius 3 is 2.67 bits per heavy atom. The maximum absolute atomic E-state index is 12.1. The first-order valence-corrected chi connectivity index (χ1v) is 7.11. The lowest BCUT2D eigenvalue weighted by molar-refractivity contribution is -0.122. The lowest BCUT2D eigenvalue weighted by Crippen LogP contribution is -2.21. The minimum absolute atomic E-state index is 0.0218. The largest absolute Gasteiger partial charge is 0.460 e. The summed E-state index contributed by atoms with van der Waals surface area (Å²) >= 11 is 0. The van der Waals surface area contributed by atoms with E-state index < -0.39 is 0 Å². The van der Waals surface area contributed by atoms with Gasteiger partial charge in [-0.15, -0.1) is 0 Å². The number of hydrogen-bond donors (Lipinski definition) is 1. The fourth-order valence-electron chi connectivity index (χ4n) is 2.46. The van der Waals surface area contributed by atoms with Crippen LogP contribution < -0.4 is 5.43 Å². The van der Waals surface area contributed by atoms with E-state index in [1.807, 2.05) is 44.2 Å². The van der Waals surface area contributed by atoms with Gasteiger partial charge in [0.05, 0.1) is 0 Å². The fourth-order valence-corrected chi connectivity index (χ4v) is 2.46. The van der Waals surface area contributed by atoms with Crippen molar-refractivity contribution in [3.63, 3.8) is 0 Å².